The summed E-state index contributed by atoms with van der Waals surface area (Å²) in [7, 11) is 0. The van der Waals surface area contributed by atoms with Gasteiger partial charge in [0.05, 0.1) is 24.3 Å². The van der Waals surface area contributed by atoms with Gasteiger partial charge >= 0.3 is 11.9 Å². The molecule has 0 aliphatic heterocycles. The SMILES string of the molecule is CCOC(=O)c1ccc(C)c(-c2cc(C)ccc2C(=O)OCC)c1. The zero-order valence-corrected chi connectivity index (χ0v) is 14.5. The van der Waals surface area contributed by atoms with Crippen LogP contribution in [0.5, 0.6) is 0 Å². The smallest absolute Gasteiger partial charge is 0.338 e. The van der Waals surface area contributed by atoms with E-state index < -0.39 is 0 Å². The van der Waals surface area contributed by atoms with Crippen LogP contribution in [0.1, 0.15) is 45.7 Å². The van der Waals surface area contributed by atoms with Crippen molar-refractivity contribution in [2.24, 2.45) is 0 Å². The Labute approximate surface area is 142 Å². The van der Waals surface area contributed by atoms with E-state index >= 15 is 0 Å². The highest BCUT2D eigenvalue weighted by Crippen LogP contribution is 2.30. The highest BCUT2D eigenvalue weighted by atomic mass is 16.5. The van der Waals surface area contributed by atoms with E-state index in [1.165, 1.54) is 0 Å². The molecule has 0 saturated carbocycles. The molecule has 0 saturated heterocycles. The van der Waals surface area contributed by atoms with Crippen molar-refractivity contribution in [3.63, 3.8) is 0 Å². The summed E-state index contributed by atoms with van der Waals surface area (Å²) in [6.07, 6.45) is 0. The number of benzene rings is 2. The Balaban J connectivity index is 2.58. The first-order valence-corrected chi connectivity index (χ1v) is 8.03. The second-order valence-corrected chi connectivity index (χ2v) is 5.52. The van der Waals surface area contributed by atoms with E-state index in [0.717, 1.165) is 22.3 Å². The Bertz CT molecular complexity index is 762. The highest BCUT2D eigenvalue weighted by molar-refractivity contribution is 5.99. The van der Waals surface area contributed by atoms with Crippen molar-refractivity contribution in [2.45, 2.75) is 27.7 Å². The average Bonchev–Trinajstić information content (AvgIpc) is 2.55. The molecule has 0 atom stereocenters. The lowest BCUT2D eigenvalue weighted by molar-refractivity contribution is 0.0518. The molecule has 0 bridgehead atoms. The summed E-state index contributed by atoms with van der Waals surface area (Å²) >= 11 is 0. The minimum absolute atomic E-state index is 0.313. The van der Waals surface area contributed by atoms with Crippen LogP contribution in [0.3, 0.4) is 0 Å². The summed E-state index contributed by atoms with van der Waals surface area (Å²) in [6.45, 7) is 8.09. The molecule has 0 unspecified atom stereocenters. The van der Waals surface area contributed by atoms with Crippen molar-refractivity contribution in [3.8, 4) is 11.1 Å². The lowest BCUT2D eigenvalue weighted by atomic mass is 9.93. The third kappa shape index (κ3) is 3.82. The molecular formula is C20H22O4. The van der Waals surface area contributed by atoms with Gasteiger partial charge in [-0.1, -0.05) is 23.8 Å². The molecule has 4 heteroatoms. The first-order chi connectivity index (χ1) is 11.5. The summed E-state index contributed by atoms with van der Waals surface area (Å²) in [6, 6.07) is 10.9. The Morgan fingerprint density at radius 3 is 2.17 bits per heavy atom. The molecule has 126 valence electrons. The van der Waals surface area contributed by atoms with Gasteiger partial charge < -0.3 is 9.47 Å². The average molecular weight is 326 g/mol. The first-order valence-electron chi connectivity index (χ1n) is 8.03. The predicted octanol–water partition coefficient (Wildman–Crippen LogP) is 4.32. The summed E-state index contributed by atoms with van der Waals surface area (Å²) in [5, 5.41) is 0. The van der Waals surface area contributed by atoms with E-state index in [-0.39, 0.29) is 11.9 Å². The van der Waals surface area contributed by atoms with Crippen LogP contribution in [0.15, 0.2) is 36.4 Å². The van der Waals surface area contributed by atoms with E-state index in [2.05, 4.69) is 0 Å². The number of carbonyl (C=O) groups excluding carboxylic acids is 2. The van der Waals surface area contributed by atoms with Crippen LogP contribution in [0, 0.1) is 13.8 Å². The van der Waals surface area contributed by atoms with Crippen LogP contribution in [0.2, 0.25) is 0 Å². The minimum Gasteiger partial charge on any atom is -0.462 e. The number of esters is 2. The molecule has 2 aromatic rings. The van der Waals surface area contributed by atoms with Crippen LogP contribution in [0.25, 0.3) is 11.1 Å². The molecule has 0 heterocycles. The Morgan fingerprint density at radius 1 is 0.833 bits per heavy atom. The maximum Gasteiger partial charge on any atom is 0.338 e. The standard InChI is InChI=1S/C20H22O4/c1-5-23-19(21)15-9-8-14(4)17(12-15)18-11-13(3)7-10-16(18)20(22)24-6-2/h7-12H,5-6H2,1-4H3. The van der Waals surface area contributed by atoms with Crippen molar-refractivity contribution in [2.75, 3.05) is 13.2 Å². The fourth-order valence-electron chi connectivity index (χ4n) is 2.52. The van der Waals surface area contributed by atoms with E-state index in [0.29, 0.717) is 24.3 Å². The van der Waals surface area contributed by atoms with Crippen molar-refractivity contribution in [3.05, 3.63) is 58.7 Å². The van der Waals surface area contributed by atoms with Gasteiger partial charge in [0.15, 0.2) is 0 Å². The lowest BCUT2D eigenvalue weighted by Crippen LogP contribution is -2.08. The van der Waals surface area contributed by atoms with Crippen molar-refractivity contribution >= 4 is 11.9 Å². The van der Waals surface area contributed by atoms with E-state index in [4.69, 9.17) is 9.47 Å². The topological polar surface area (TPSA) is 52.6 Å². The summed E-state index contributed by atoms with van der Waals surface area (Å²) in [5.41, 5.74) is 4.54. The van der Waals surface area contributed by atoms with Gasteiger partial charge in [0.1, 0.15) is 0 Å². The molecule has 0 N–H and O–H groups in total. The predicted molar refractivity (Wildman–Crippen MR) is 93.3 cm³/mol. The minimum atomic E-state index is -0.371. The second kappa shape index (κ2) is 7.77. The zero-order chi connectivity index (χ0) is 17.7. The maximum atomic E-state index is 12.3. The zero-order valence-electron chi connectivity index (χ0n) is 14.5. The maximum absolute atomic E-state index is 12.3. The molecule has 2 rings (SSSR count). The van der Waals surface area contributed by atoms with Crippen molar-refractivity contribution in [1.82, 2.24) is 0 Å². The number of carbonyl (C=O) groups is 2. The number of hydrogen-bond donors (Lipinski definition) is 0. The van der Waals surface area contributed by atoms with Gasteiger partial charge in [-0.05, 0) is 62.6 Å². The molecule has 0 fully saturated rings. The number of hydrogen-bond acceptors (Lipinski definition) is 4. The van der Waals surface area contributed by atoms with Gasteiger partial charge in [-0.25, -0.2) is 9.59 Å². The Morgan fingerprint density at radius 2 is 1.50 bits per heavy atom. The van der Waals surface area contributed by atoms with E-state index in [9.17, 15) is 9.59 Å². The summed E-state index contributed by atoms with van der Waals surface area (Å²) < 4.78 is 10.2. The van der Waals surface area contributed by atoms with Crippen molar-refractivity contribution < 1.29 is 19.1 Å². The van der Waals surface area contributed by atoms with Gasteiger partial charge in [-0.15, -0.1) is 0 Å². The third-order valence-electron chi connectivity index (χ3n) is 3.71. The van der Waals surface area contributed by atoms with Gasteiger partial charge in [-0.3, -0.25) is 0 Å². The summed E-state index contributed by atoms with van der Waals surface area (Å²) in [4.78, 5) is 24.3. The van der Waals surface area contributed by atoms with Crippen LogP contribution in [-0.2, 0) is 9.47 Å². The van der Waals surface area contributed by atoms with Gasteiger partial charge in [-0.2, -0.15) is 0 Å². The Kier molecular flexibility index (Phi) is 5.74. The molecule has 0 aliphatic carbocycles. The van der Waals surface area contributed by atoms with E-state index in [1.807, 2.05) is 32.0 Å². The molecule has 0 radical (unpaired) electrons. The second-order valence-electron chi connectivity index (χ2n) is 5.52. The van der Waals surface area contributed by atoms with Crippen LogP contribution in [0.4, 0.5) is 0 Å². The number of ether oxygens (including phenoxy) is 2. The molecule has 0 amide bonds. The van der Waals surface area contributed by atoms with E-state index in [1.54, 1.807) is 32.0 Å². The quantitative estimate of drug-likeness (QED) is 0.768. The molecule has 2 aromatic carbocycles. The lowest BCUT2D eigenvalue weighted by Gasteiger charge is -2.14. The van der Waals surface area contributed by atoms with Gasteiger partial charge in [0.2, 0.25) is 0 Å². The molecular weight excluding hydrogens is 304 g/mol. The molecule has 0 aromatic heterocycles. The van der Waals surface area contributed by atoms with Crippen LogP contribution >= 0.6 is 0 Å². The monoisotopic (exact) mass is 326 g/mol. The van der Waals surface area contributed by atoms with Gasteiger partial charge in [0, 0.05) is 0 Å². The molecule has 0 spiro atoms. The molecule has 24 heavy (non-hydrogen) atoms. The molecule has 0 aliphatic rings. The third-order valence-corrected chi connectivity index (χ3v) is 3.71. The van der Waals surface area contributed by atoms with Crippen molar-refractivity contribution in [1.29, 1.82) is 0 Å². The normalized spacial score (nSPS) is 10.3. The Hall–Kier alpha value is -2.62. The first kappa shape index (κ1) is 17.7. The fourth-order valence-corrected chi connectivity index (χ4v) is 2.52. The number of rotatable bonds is 5. The fraction of sp³-hybridized carbons (Fsp3) is 0.300. The van der Waals surface area contributed by atoms with Crippen LogP contribution < -0.4 is 0 Å². The highest BCUT2D eigenvalue weighted by Gasteiger charge is 2.17. The van der Waals surface area contributed by atoms with Gasteiger partial charge in [0.25, 0.3) is 0 Å². The number of aryl methyl sites for hydroxylation is 2. The summed E-state index contributed by atoms with van der Waals surface area (Å²) in [5.74, 6) is -0.738. The largest absolute Gasteiger partial charge is 0.462 e. The molecule has 4 nitrogen and oxygen atoms in total. The van der Waals surface area contributed by atoms with Crippen LogP contribution in [-0.4, -0.2) is 25.2 Å².